The lowest BCUT2D eigenvalue weighted by molar-refractivity contribution is -0.151. The molecular formula is C19H25ClN2O4. The second kappa shape index (κ2) is 8.08. The van der Waals surface area contributed by atoms with Crippen molar-refractivity contribution in [3.05, 3.63) is 34.9 Å². The van der Waals surface area contributed by atoms with Crippen LogP contribution in [0.5, 0.6) is 0 Å². The Bertz CT molecular complexity index is 689. The number of nitrogens with zero attached hydrogens (tertiary/aromatic N) is 1. The van der Waals surface area contributed by atoms with Crippen molar-refractivity contribution < 1.29 is 19.5 Å². The van der Waals surface area contributed by atoms with Crippen molar-refractivity contribution >= 4 is 29.4 Å². The van der Waals surface area contributed by atoms with Gasteiger partial charge in [0.15, 0.2) is 0 Å². The zero-order chi connectivity index (χ0) is 19.5. The number of likely N-dealkylation sites (tertiary alicyclic amines) is 1. The highest BCUT2D eigenvalue weighted by Gasteiger charge is 2.48. The van der Waals surface area contributed by atoms with Gasteiger partial charge in [-0.3, -0.25) is 14.4 Å². The number of carbonyl (C=O) groups is 3. The zero-order valence-electron chi connectivity index (χ0n) is 15.3. The SMILES string of the molecule is CC(=O)NC(CC(=O)N1CCC(C(=O)O)(C(C)C)C1)c1ccc(Cl)cc1. The lowest BCUT2D eigenvalue weighted by atomic mass is 9.76. The van der Waals surface area contributed by atoms with Gasteiger partial charge in [-0.2, -0.15) is 0 Å². The number of nitrogens with one attached hydrogen (secondary N) is 1. The number of carboxylic acid groups (broad SMARTS) is 1. The van der Waals surface area contributed by atoms with Crippen molar-refractivity contribution in [2.24, 2.45) is 11.3 Å². The normalized spacial score (nSPS) is 20.9. The molecule has 0 saturated carbocycles. The third-order valence-electron chi connectivity index (χ3n) is 5.21. The maximum absolute atomic E-state index is 12.8. The predicted molar refractivity (Wildman–Crippen MR) is 98.7 cm³/mol. The third-order valence-corrected chi connectivity index (χ3v) is 5.47. The monoisotopic (exact) mass is 380 g/mol. The van der Waals surface area contributed by atoms with Gasteiger partial charge < -0.3 is 15.3 Å². The molecule has 2 amide bonds. The molecular weight excluding hydrogens is 356 g/mol. The molecule has 142 valence electrons. The van der Waals surface area contributed by atoms with Crippen molar-refractivity contribution in [1.29, 1.82) is 0 Å². The molecule has 0 radical (unpaired) electrons. The molecule has 1 fully saturated rings. The summed E-state index contributed by atoms with van der Waals surface area (Å²) in [5.41, 5.74) is -0.120. The van der Waals surface area contributed by atoms with E-state index in [9.17, 15) is 19.5 Å². The molecule has 2 rings (SSSR count). The zero-order valence-corrected chi connectivity index (χ0v) is 16.0. The summed E-state index contributed by atoms with van der Waals surface area (Å²) in [6, 6.07) is 6.49. The quantitative estimate of drug-likeness (QED) is 0.794. The first-order valence-electron chi connectivity index (χ1n) is 8.69. The first-order valence-corrected chi connectivity index (χ1v) is 9.07. The number of halogens is 1. The summed E-state index contributed by atoms with van der Waals surface area (Å²) in [4.78, 5) is 37.6. The highest BCUT2D eigenvalue weighted by atomic mass is 35.5. The number of aliphatic carboxylic acids is 1. The molecule has 1 aliphatic heterocycles. The van der Waals surface area contributed by atoms with E-state index in [1.165, 1.54) is 6.92 Å². The van der Waals surface area contributed by atoms with Crippen LogP contribution in [0.3, 0.4) is 0 Å². The molecule has 1 aromatic carbocycles. The highest BCUT2D eigenvalue weighted by molar-refractivity contribution is 6.30. The van der Waals surface area contributed by atoms with Gasteiger partial charge in [0, 0.05) is 25.0 Å². The predicted octanol–water partition coefficient (Wildman–Crippen LogP) is 2.87. The Kier molecular flexibility index (Phi) is 6.29. The molecule has 1 aromatic rings. The van der Waals surface area contributed by atoms with E-state index in [1.807, 2.05) is 13.8 Å². The summed E-state index contributed by atoms with van der Waals surface area (Å²) in [5, 5.41) is 13.0. The first-order chi connectivity index (χ1) is 12.2. The fourth-order valence-corrected chi connectivity index (χ4v) is 3.56. The highest BCUT2D eigenvalue weighted by Crippen LogP contribution is 2.38. The minimum Gasteiger partial charge on any atom is -0.481 e. The molecule has 2 atom stereocenters. The van der Waals surface area contributed by atoms with Crippen LogP contribution in [0.4, 0.5) is 0 Å². The Morgan fingerprint density at radius 1 is 1.27 bits per heavy atom. The molecule has 1 saturated heterocycles. The number of benzene rings is 1. The fourth-order valence-electron chi connectivity index (χ4n) is 3.44. The van der Waals surface area contributed by atoms with Crippen LogP contribution >= 0.6 is 11.6 Å². The summed E-state index contributed by atoms with van der Waals surface area (Å²) < 4.78 is 0. The summed E-state index contributed by atoms with van der Waals surface area (Å²) in [6.45, 7) is 5.76. The lowest BCUT2D eigenvalue weighted by Crippen LogP contribution is -2.41. The Morgan fingerprint density at radius 2 is 1.88 bits per heavy atom. The van der Waals surface area contributed by atoms with Crippen LogP contribution in [-0.4, -0.2) is 40.9 Å². The summed E-state index contributed by atoms with van der Waals surface area (Å²) >= 11 is 5.90. The number of carbonyl (C=O) groups excluding carboxylic acids is 2. The number of hydrogen-bond acceptors (Lipinski definition) is 3. The van der Waals surface area contributed by atoms with E-state index in [1.54, 1.807) is 29.2 Å². The number of amides is 2. The second-order valence-electron chi connectivity index (χ2n) is 7.19. The molecule has 1 aliphatic rings. The number of hydrogen-bond donors (Lipinski definition) is 2. The van der Waals surface area contributed by atoms with Gasteiger partial charge in [0.2, 0.25) is 11.8 Å². The molecule has 26 heavy (non-hydrogen) atoms. The molecule has 0 bridgehead atoms. The van der Waals surface area contributed by atoms with E-state index >= 15 is 0 Å². The fraction of sp³-hybridized carbons (Fsp3) is 0.526. The van der Waals surface area contributed by atoms with Gasteiger partial charge in [0.05, 0.1) is 17.9 Å². The molecule has 0 aliphatic carbocycles. The van der Waals surface area contributed by atoms with Crippen molar-refractivity contribution in [3.63, 3.8) is 0 Å². The molecule has 2 N–H and O–H groups in total. The van der Waals surface area contributed by atoms with Crippen molar-refractivity contribution in [2.75, 3.05) is 13.1 Å². The Balaban J connectivity index is 2.13. The average molecular weight is 381 g/mol. The van der Waals surface area contributed by atoms with Crippen LogP contribution in [0.15, 0.2) is 24.3 Å². The minimum atomic E-state index is -0.903. The topological polar surface area (TPSA) is 86.7 Å². The van der Waals surface area contributed by atoms with Crippen LogP contribution in [0, 0.1) is 11.3 Å². The second-order valence-corrected chi connectivity index (χ2v) is 7.63. The third kappa shape index (κ3) is 4.36. The van der Waals surface area contributed by atoms with E-state index in [4.69, 9.17) is 11.6 Å². The van der Waals surface area contributed by atoms with Crippen LogP contribution in [0.2, 0.25) is 5.02 Å². The van der Waals surface area contributed by atoms with Crippen molar-refractivity contribution in [2.45, 2.75) is 39.7 Å². The Morgan fingerprint density at radius 3 is 2.35 bits per heavy atom. The molecule has 1 heterocycles. The summed E-state index contributed by atoms with van der Waals surface area (Å²) in [6.07, 6.45) is 0.520. The standard InChI is InChI=1S/C19H25ClN2O4/c1-12(2)19(18(25)26)8-9-22(11-19)17(24)10-16(21-13(3)23)14-4-6-15(20)7-5-14/h4-7,12,16H,8-11H2,1-3H3,(H,21,23)(H,25,26). The number of carboxylic acids is 1. The minimum absolute atomic E-state index is 0.0693. The van der Waals surface area contributed by atoms with Gasteiger partial charge in [-0.05, 0) is 30.0 Å². The van der Waals surface area contributed by atoms with Gasteiger partial charge in [-0.15, -0.1) is 0 Å². The maximum atomic E-state index is 12.8. The first kappa shape index (κ1) is 20.2. The van der Waals surface area contributed by atoms with E-state index in [2.05, 4.69) is 5.32 Å². The number of rotatable bonds is 6. The lowest BCUT2D eigenvalue weighted by Gasteiger charge is -2.29. The Labute approximate surface area is 158 Å². The largest absolute Gasteiger partial charge is 0.481 e. The summed E-state index contributed by atoms with van der Waals surface area (Å²) in [5.74, 6) is -1.33. The average Bonchev–Trinajstić information content (AvgIpc) is 3.01. The van der Waals surface area contributed by atoms with Gasteiger partial charge in [-0.1, -0.05) is 37.6 Å². The van der Waals surface area contributed by atoms with E-state index < -0.39 is 17.4 Å². The Hall–Kier alpha value is -2.08. The molecule has 0 spiro atoms. The molecule has 6 nitrogen and oxygen atoms in total. The molecule has 2 unspecified atom stereocenters. The van der Waals surface area contributed by atoms with Crippen molar-refractivity contribution in [1.82, 2.24) is 10.2 Å². The molecule has 7 heteroatoms. The van der Waals surface area contributed by atoms with Crippen molar-refractivity contribution in [3.8, 4) is 0 Å². The van der Waals surface area contributed by atoms with E-state index in [0.29, 0.717) is 18.0 Å². The maximum Gasteiger partial charge on any atom is 0.311 e. The van der Waals surface area contributed by atoms with Crippen LogP contribution < -0.4 is 5.32 Å². The van der Waals surface area contributed by atoms with Gasteiger partial charge >= 0.3 is 5.97 Å². The smallest absolute Gasteiger partial charge is 0.311 e. The molecule has 0 aromatic heterocycles. The van der Waals surface area contributed by atoms with Gasteiger partial charge in [0.1, 0.15) is 0 Å². The van der Waals surface area contributed by atoms with E-state index in [-0.39, 0.29) is 30.7 Å². The van der Waals surface area contributed by atoms with E-state index in [0.717, 1.165) is 5.56 Å². The van der Waals surface area contributed by atoms with Gasteiger partial charge in [0.25, 0.3) is 0 Å². The van der Waals surface area contributed by atoms with Gasteiger partial charge in [-0.25, -0.2) is 0 Å². The van der Waals surface area contributed by atoms with Crippen LogP contribution in [0.25, 0.3) is 0 Å². The van der Waals surface area contributed by atoms with Crippen LogP contribution in [0.1, 0.15) is 45.2 Å². The van der Waals surface area contributed by atoms with Crippen LogP contribution in [-0.2, 0) is 14.4 Å². The summed E-state index contributed by atoms with van der Waals surface area (Å²) in [7, 11) is 0.